The van der Waals surface area contributed by atoms with Crippen molar-refractivity contribution in [1.82, 2.24) is 0 Å². The molecule has 0 N–H and O–H groups in total. The van der Waals surface area contributed by atoms with Crippen LogP contribution in [0.2, 0.25) is 0 Å². The van der Waals surface area contributed by atoms with Gasteiger partial charge in [0.1, 0.15) is 11.5 Å². The third kappa shape index (κ3) is 3.71. The summed E-state index contributed by atoms with van der Waals surface area (Å²) in [5.74, 6) is 0.980. The van der Waals surface area contributed by atoms with Crippen molar-refractivity contribution in [3.8, 4) is 11.5 Å². The minimum Gasteiger partial charge on any atom is -0.491 e. The van der Waals surface area contributed by atoms with Crippen LogP contribution in [0, 0.1) is 0 Å². The summed E-state index contributed by atoms with van der Waals surface area (Å²) < 4.78 is 22.1. The zero-order chi connectivity index (χ0) is 16.2. The van der Waals surface area contributed by atoms with Gasteiger partial charge in [-0.1, -0.05) is 6.07 Å². The molecular weight excluding hydrogens is 284 g/mol. The maximum atomic E-state index is 12.2. The second-order valence-corrected chi connectivity index (χ2v) is 5.72. The van der Waals surface area contributed by atoms with Crippen LogP contribution in [0.5, 0.6) is 11.5 Å². The zero-order valence-corrected chi connectivity index (χ0v) is 13.6. The molecule has 1 aromatic carbocycles. The monoisotopic (exact) mass is 308 g/mol. The number of hydrogen-bond donors (Lipinski definition) is 0. The molecule has 1 aromatic rings. The molecule has 0 bridgehead atoms. The lowest BCUT2D eigenvalue weighted by Crippen LogP contribution is -2.58. The standard InChI is InChI=1S/C17H24O5/c1-5-20-16(18)17(10-15(11-17)19-4)22-14-8-6-7-13(9-14)21-12(2)3/h6-9,12,15H,5,10-11H2,1-4H3. The lowest BCUT2D eigenvalue weighted by atomic mass is 9.77. The Hall–Kier alpha value is -1.75. The molecule has 1 aliphatic carbocycles. The Morgan fingerprint density at radius 3 is 2.59 bits per heavy atom. The normalized spacial score (nSPS) is 23.8. The third-order valence-electron chi connectivity index (χ3n) is 3.59. The van der Waals surface area contributed by atoms with Crippen molar-refractivity contribution in [2.24, 2.45) is 0 Å². The van der Waals surface area contributed by atoms with Crippen molar-refractivity contribution in [1.29, 1.82) is 0 Å². The van der Waals surface area contributed by atoms with E-state index in [-0.39, 0.29) is 18.2 Å². The summed E-state index contributed by atoms with van der Waals surface area (Å²) in [6, 6.07) is 7.32. The smallest absolute Gasteiger partial charge is 0.350 e. The summed E-state index contributed by atoms with van der Waals surface area (Å²) in [5, 5.41) is 0. The summed E-state index contributed by atoms with van der Waals surface area (Å²) in [6.07, 6.45) is 1.10. The van der Waals surface area contributed by atoms with Crippen molar-refractivity contribution in [2.45, 2.75) is 51.4 Å². The van der Waals surface area contributed by atoms with E-state index in [4.69, 9.17) is 18.9 Å². The third-order valence-corrected chi connectivity index (χ3v) is 3.59. The van der Waals surface area contributed by atoms with Crippen molar-refractivity contribution < 1.29 is 23.7 Å². The quantitative estimate of drug-likeness (QED) is 0.725. The molecule has 0 heterocycles. The molecule has 1 saturated carbocycles. The Kier molecular flexibility index (Phi) is 5.29. The number of hydrogen-bond acceptors (Lipinski definition) is 5. The first-order valence-corrected chi connectivity index (χ1v) is 7.65. The SMILES string of the molecule is CCOC(=O)C1(Oc2cccc(OC(C)C)c2)CC(OC)C1. The van der Waals surface area contributed by atoms with E-state index in [1.54, 1.807) is 20.1 Å². The fraction of sp³-hybridized carbons (Fsp3) is 0.588. The summed E-state index contributed by atoms with van der Waals surface area (Å²) >= 11 is 0. The van der Waals surface area contributed by atoms with Gasteiger partial charge >= 0.3 is 5.97 Å². The number of carbonyl (C=O) groups excluding carboxylic acids is 1. The zero-order valence-electron chi connectivity index (χ0n) is 13.6. The molecule has 0 aliphatic heterocycles. The maximum Gasteiger partial charge on any atom is 0.350 e. The number of esters is 1. The topological polar surface area (TPSA) is 54.0 Å². The van der Waals surface area contributed by atoms with Crippen molar-refractivity contribution in [2.75, 3.05) is 13.7 Å². The highest BCUT2D eigenvalue weighted by molar-refractivity contribution is 5.81. The van der Waals surface area contributed by atoms with Gasteiger partial charge in [0, 0.05) is 26.0 Å². The van der Waals surface area contributed by atoms with Gasteiger partial charge in [0.25, 0.3) is 0 Å². The first-order chi connectivity index (χ1) is 10.5. The molecule has 0 atom stereocenters. The second-order valence-electron chi connectivity index (χ2n) is 5.72. The predicted octanol–water partition coefficient (Wildman–Crippen LogP) is 2.96. The molecule has 0 aromatic heterocycles. The van der Waals surface area contributed by atoms with E-state index in [0.29, 0.717) is 30.9 Å². The molecular formula is C17H24O5. The number of methoxy groups -OCH3 is 1. The molecule has 2 rings (SSSR count). The highest BCUT2D eigenvalue weighted by Crippen LogP contribution is 2.40. The molecule has 0 radical (unpaired) electrons. The minimum absolute atomic E-state index is 0.0273. The molecule has 22 heavy (non-hydrogen) atoms. The summed E-state index contributed by atoms with van der Waals surface area (Å²) in [4.78, 5) is 12.2. The lowest BCUT2D eigenvalue weighted by Gasteiger charge is -2.44. The van der Waals surface area contributed by atoms with Crippen LogP contribution in [0.25, 0.3) is 0 Å². The van der Waals surface area contributed by atoms with Crippen LogP contribution in [-0.2, 0) is 14.3 Å². The molecule has 0 spiro atoms. The van der Waals surface area contributed by atoms with Gasteiger partial charge in [-0.25, -0.2) is 4.79 Å². The molecule has 5 heteroatoms. The van der Waals surface area contributed by atoms with Crippen LogP contribution in [0.15, 0.2) is 24.3 Å². The van der Waals surface area contributed by atoms with Crippen LogP contribution < -0.4 is 9.47 Å². The summed E-state index contributed by atoms with van der Waals surface area (Å²) in [6.45, 7) is 6.04. The first kappa shape index (κ1) is 16.6. The average Bonchev–Trinajstić information content (AvgIpc) is 2.42. The summed E-state index contributed by atoms with van der Waals surface area (Å²) in [5.41, 5.74) is -0.951. The van der Waals surface area contributed by atoms with Gasteiger partial charge in [0.2, 0.25) is 5.60 Å². The van der Waals surface area contributed by atoms with E-state index < -0.39 is 5.60 Å². The van der Waals surface area contributed by atoms with E-state index >= 15 is 0 Å². The fourth-order valence-corrected chi connectivity index (χ4v) is 2.51. The second kappa shape index (κ2) is 7.01. The molecule has 122 valence electrons. The first-order valence-electron chi connectivity index (χ1n) is 7.65. The Balaban J connectivity index is 2.12. The van der Waals surface area contributed by atoms with Crippen LogP contribution in [0.1, 0.15) is 33.6 Å². The molecule has 0 amide bonds. The fourth-order valence-electron chi connectivity index (χ4n) is 2.51. The number of benzene rings is 1. The highest BCUT2D eigenvalue weighted by Gasteiger charge is 2.54. The van der Waals surface area contributed by atoms with Gasteiger partial charge in [-0.15, -0.1) is 0 Å². The van der Waals surface area contributed by atoms with Crippen LogP contribution in [0.4, 0.5) is 0 Å². The molecule has 0 saturated heterocycles. The van der Waals surface area contributed by atoms with Crippen LogP contribution in [-0.4, -0.2) is 37.5 Å². The van der Waals surface area contributed by atoms with Gasteiger partial charge in [-0.05, 0) is 32.9 Å². The van der Waals surface area contributed by atoms with Gasteiger partial charge < -0.3 is 18.9 Å². The minimum atomic E-state index is -0.951. The van der Waals surface area contributed by atoms with Crippen LogP contribution in [0.3, 0.4) is 0 Å². The molecule has 5 nitrogen and oxygen atoms in total. The molecule has 0 unspecified atom stereocenters. The van der Waals surface area contributed by atoms with Crippen molar-refractivity contribution >= 4 is 5.97 Å². The van der Waals surface area contributed by atoms with Gasteiger partial charge in [-0.3, -0.25) is 0 Å². The lowest BCUT2D eigenvalue weighted by molar-refractivity contribution is -0.184. The van der Waals surface area contributed by atoms with Crippen molar-refractivity contribution in [3.63, 3.8) is 0 Å². The van der Waals surface area contributed by atoms with Crippen molar-refractivity contribution in [3.05, 3.63) is 24.3 Å². The number of rotatable bonds is 7. The Morgan fingerprint density at radius 1 is 1.32 bits per heavy atom. The molecule has 1 aliphatic rings. The number of carbonyl (C=O) groups is 1. The maximum absolute atomic E-state index is 12.2. The van der Waals surface area contributed by atoms with Gasteiger partial charge in [0.05, 0.1) is 18.8 Å². The highest BCUT2D eigenvalue weighted by atomic mass is 16.6. The predicted molar refractivity (Wildman–Crippen MR) is 82.2 cm³/mol. The Labute approximate surface area is 131 Å². The Bertz CT molecular complexity index is 506. The van der Waals surface area contributed by atoms with E-state index in [9.17, 15) is 4.79 Å². The number of ether oxygens (including phenoxy) is 4. The summed E-state index contributed by atoms with van der Waals surface area (Å²) in [7, 11) is 1.64. The van der Waals surface area contributed by atoms with E-state index in [2.05, 4.69) is 0 Å². The van der Waals surface area contributed by atoms with Gasteiger partial charge in [-0.2, -0.15) is 0 Å². The van der Waals surface area contributed by atoms with Crippen LogP contribution >= 0.6 is 0 Å². The van der Waals surface area contributed by atoms with E-state index in [0.717, 1.165) is 0 Å². The largest absolute Gasteiger partial charge is 0.491 e. The Morgan fingerprint density at radius 2 is 2.00 bits per heavy atom. The van der Waals surface area contributed by atoms with Gasteiger partial charge in [0.15, 0.2) is 0 Å². The van der Waals surface area contributed by atoms with E-state index in [1.807, 2.05) is 32.0 Å². The average molecular weight is 308 g/mol. The molecule has 1 fully saturated rings. The van der Waals surface area contributed by atoms with E-state index in [1.165, 1.54) is 0 Å².